The highest BCUT2D eigenvalue weighted by atomic mass is 32.2. The molecule has 0 aromatic heterocycles. The van der Waals surface area contributed by atoms with Crippen LogP contribution in [-0.2, 0) is 20.0 Å². The summed E-state index contributed by atoms with van der Waals surface area (Å²) in [5, 5.41) is 0. The lowest BCUT2D eigenvalue weighted by molar-refractivity contribution is 0.155. The van der Waals surface area contributed by atoms with Crippen LogP contribution in [0, 0.1) is 5.41 Å². The summed E-state index contributed by atoms with van der Waals surface area (Å²) in [6.07, 6.45) is 2.29. The molecule has 1 unspecified atom stereocenters. The van der Waals surface area contributed by atoms with E-state index in [0.29, 0.717) is 19.5 Å². The van der Waals surface area contributed by atoms with Gasteiger partial charge in [0.15, 0.2) is 0 Å². The Morgan fingerprint density at radius 2 is 1.60 bits per heavy atom. The first-order valence-corrected chi connectivity index (χ1v) is 11.3. The molecular formula is C16H25N3O4S2. The van der Waals surface area contributed by atoms with Gasteiger partial charge < -0.3 is 5.73 Å². The summed E-state index contributed by atoms with van der Waals surface area (Å²) >= 11 is 0. The third kappa shape index (κ3) is 3.90. The predicted molar refractivity (Wildman–Crippen MR) is 94.9 cm³/mol. The zero-order valence-corrected chi connectivity index (χ0v) is 16.1. The van der Waals surface area contributed by atoms with Crippen molar-refractivity contribution in [1.29, 1.82) is 0 Å². The number of benzene rings is 1. The highest BCUT2D eigenvalue weighted by molar-refractivity contribution is 7.89. The molecule has 1 aromatic rings. The normalized spacial score (nSPS) is 25.0. The Hall–Kier alpha value is -1.00. The number of piperidine rings is 1. The minimum atomic E-state index is -3.67. The quantitative estimate of drug-likeness (QED) is 0.779. The van der Waals surface area contributed by atoms with Crippen molar-refractivity contribution in [3.63, 3.8) is 0 Å². The molecule has 25 heavy (non-hydrogen) atoms. The van der Waals surface area contributed by atoms with Crippen molar-refractivity contribution in [3.05, 3.63) is 24.3 Å². The third-order valence-electron chi connectivity index (χ3n) is 4.95. The van der Waals surface area contributed by atoms with Crippen LogP contribution >= 0.6 is 0 Å². The largest absolute Gasteiger partial charge is 0.327 e. The van der Waals surface area contributed by atoms with E-state index in [2.05, 4.69) is 4.72 Å². The number of nitrogens with zero attached hydrogens (tertiary/aromatic N) is 1. The van der Waals surface area contributed by atoms with Gasteiger partial charge in [-0.3, -0.25) is 0 Å². The Balaban J connectivity index is 1.81. The molecule has 1 aromatic carbocycles. The Morgan fingerprint density at radius 1 is 1.04 bits per heavy atom. The molecule has 1 atom stereocenters. The van der Waals surface area contributed by atoms with Gasteiger partial charge in [-0.05, 0) is 48.9 Å². The van der Waals surface area contributed by atoms with Crippen LogP contribution in [0.4, 0.5) is 0 Å². The van der Waals surface area contributed by atoms with Crippen LogP contribution in [-0.4, -0.2) is 46.3 Å². The van der Waals surface area contributed by atoms with Crippen LogP contribution in [0.1, 0.15) is 33.1 Å². The summed E-state index contributed by atoms with van der Waals surface area (Å²) in [6, 6.07) is 5.38. The summed E-state index contributed by atoms with van der Waals surface area (Å²) in [6.45, 7) is 4.63. The lowest BCUT2D eigenvalue weighted by atomic mass is 9.81. The van der Waals surface area contributed by atoms with Crippen molar-refractivity contribution in [2.24, 2.45) is 11.1 Å². The number of nitrogens with two attached hydrogens (primary N) is 1. The van der Waals surface area contributed by atoms with Crippen molar-refractivity contribution in [3.8, 4) is 0 Å². The van der Waals surface area contributed by atoms with Gasteiger partial charge in [-0.1, -0.05) is 13.8 Å². The van der Waals surface area contributed by atoms with Crippen molar-refractivity contribution in [2.75, 3.05) is 13.1 Å². The van der Waals surface area contributed by atoms with Gasteiger partial charge in [0.2, 0.25) is 20.0 Å². The fraction of sp³-hybridized carbons (Fsp3) is 0.625. The molecule has 0 spiro atoms. The van der Waals surface area contributed by atoms with Gasteiger partial charge in [0.05, 0.1) is 9.79 Å². The molecule has 140 valence electrons. The molecule has 0 bridgehead atoms. The molecule has 1 aliphatic carbocycles. The Kier molecular flexibility index (Phi) is 4.74. The van der Waals surface area contributed by atoms with Crippen LogP contribution < -0.4 is 10.5 Å². The second-order valence-corrected chi connectivity index (χ2v) is 11.2. The van der Waals surface area contributed by atoms with E-state index in [-0.39, 0.29) is 27.3 Å². The fourth-order valence-corrected chi connectivity index (χ4v) is 5.89. The molecule has 9 heteroatoms. The maximum atomic E-state index is 12.9. The smallest absolute Gasteiger partial charge is 0.243 e. The van der Waals surface area contributed by atoms with E-state index < -0.39 is 20.0 Å². The average Bonchev–Trinajstić information content (AvgIpc) is 3.33. The molecule has 3 N–H and O–H groups in total. The Morgan fingerprint density at radius 3 is 2.12 bits per heavy atom. The van der Waals surface area contributed by atoms with Crippen molar-refractivity contribution in [2.45, 2.75) is 55.0 Å². The van der Waals surface area contributed by atoms with Gasteiger partial charge in [0.25, 0.3) is 0 Å². The molecule has 1 saturated heterocycles. The van der Waals surface area contributed by atoms with Crippen molar-refractivity contribution in [1.82, 2.24) is 9.03 Å². The van der Waals surface area contributed by atoms with Crippen LogP contribution in [0.15, 0.2) is 34.1 Å². The number of sulfonamides is 2. The maximum absolute atomic E-state index is 12.9. The maximum Gasteiger partial charge on any atom is 0.243 e. The minimum absolute atomic E-state index is 0.00759. The lowest BCUT2D eigenvalue weighted by Gasteiger charge is -2.41. The SMILES string of the molecule is CC1(C)CN(S(=O)(=O)c2ccc(S(=O)(=O)NC3CC3)cc2)CCC1N. The number of rotatable bonds is 5. The topological polar surface area (TPSA) is 110 Å². The van der Waals surface area contributed by atoms with Gasteiger partial charge in [-0.15, -0.1) is 0 Å². The summed E-state index contributed by atoms with van der Waals surface area (Å²) in [5.74, 6) is 0. The van der Waals surface area contributed by atoms with E-state index in [4.69, 9.17) is 5.73 Å². The van der Waals surface area contributed by atoms with E-state index in [9.17, 15) is 16.8 Å². The van der Waals surface area contributed by atoms with Crippen LogP contribution in [0.2, 0.25) is 0 Å². The van der Waals surface area contributed by atoms with Crippen molar-refractivity contribution >= 4 is 20.0 Å². The standard InChI is InChI=1S/C16H25N3O4S2/c1-16(2)11-19(10-9-15(16)17)25(22,23)14-7-5-13(6-8-14)24(20,21)18-12-3-4-12/h5-8,12,15,18H,3-4,9-11,17H2,1-2H3. The van der Waals surface area contributed by atoms with E-state index in [1.807, 2.05) is 13.8 Å². The molecule has 1 aliphatic heterocycles. The summed E-state index contributed by atoms with van der Waals surface area (Å²) in [4.78, 5) is 0.184. The molecule has 1 saturated carbocycles. The second-order valence-electron chi connectivity index (χ2n) is 7.59. The molecular weight excluding hydrogens is 362 g/mol. The van der Waals surface area contributed by atoms with E-state index in [1.54, 1.807) is 0 Å². The van der Waals surface area contributed by atoms with Gasteiger partial charge in [-0.25, -0.2) is 21.6 Å². The number of hydrogen-bond donors (Lipinski definition) is 2. The zero-order chi connectivity index (χ0) is 18.5. The minimum Gasteiger partial charge on any atom is -0.327 e. The van der Waals surface area contributed by atoms with Crippen LogP contribution in [0.3, 0.4) is 0 Å². The first-order chi connectivity index (χ1) is 11.5. The van der Waals surface area contributed by atoms with Crippen molar-refractivity contribution < 1.29 is 16.8 Å². The number of hydrogen-bond acceptors (Lipinski definition) is 5. The van der Waals surface area contributed by atoms with E-state index in [0.717, 1.165) is 12.8 Å². The van der Waals surface area contributed by atoms with Gasteiger partial charge in [-0.2, -0.15) is 4.31 Å². The Labute approximate surface area is 149 Å². The lowest BCUT2D eigenvalue weighted by Crippen LogP contribution is -2.53. The van der Waals surface area contributed by atoms with E-state index >= 15 is 0 Å². The summed E-state index contributed by atoms with van der Waals surface area (Å²) < 4.78 is 54.1. The second kappa shape index (κ2) is 6.31. The fourth-order valence-electron chi connectivity index (χ4n) is 2.96. The summed E-state index contributed by atoms with van der Waals surface area (Å²) in [5.41, 5.74) is 5.77. The molecule has 0 radical (unpaired) electrons. The highest BCUT2D eigenvalue weighted by Gasteiger charge is 2.39. The van der Waals surface area contributed by atoms with Crippen LogP contribution in [0.25, 0.3) is 0 Å². The molecule has 2 aliphatic rings. The van der Waals surface area contributed by atoms with E-state index in [1.165, 1.54) is 28.6 Å². The molecule has 2 fully saturated rings. The monoisotopic (exact) mass is 387 g/mol. The van der Waals surface area contributed by atoms with Gasteiger partial charge >= 0.3 is 0 Å². The Bertz CT molecular complexity index is 844. The highest BCUT2D eigenvalue weighted by Crippen LogP contribution is 2.31. The molecule has 7 nitrogen and oxygen atoms in total. The third-order valence-corrected chi connectivity index (χ3v) is 8.34. The number of nitrogens with one attached hydrogen (secondary N) is 1. The molecule has 0 amide bonds. The van der Waals surface area contributed by atoms with Crippen LogP contribution in [0.5, 0.6) is 0 Å². The molecule has 3 rings (SSSR count). The van der Waals surface area contributed by atoms with Gasteiger partial charge in [0.1, 0.15) is 0 Å². The average molecular weight is 388 g/mol. The predicted octanol–water partition coefficient (Wildman–Crippen LogP) is 0.875. The zero-order valence-electron chi connectivity index (χ0n) is 14.5. The summed E-state index contributed by atoms with van der Waals surface area (Å²) in [7, 11) is -7.25. The van der Waals surface area contributed by atoms with Gasteiger partial charge in [0, 0.05) is 25.2 Å². The molecule has 1 heterocycles. The first kappa shape index (κ1) is 18.8. The first-order valence-electron chi connectivity index (χ1n) is 8.40.